The van der Waals surface area contributed by atoms with Crippen molar-refractivity contribution in [1.29, 1.82) is 0 Å². The van der Waals surface area contributed by atoms with Crippen LogP contribution in [0.25, 0.3) is 0 Å². The second-order valence-electron chi connectivity index (χ2n) is 5.43. The Balaban J connectivity index is 1.96. The second-order valence-corrected chi connectivity index (χ2v) is 6.99. The van der Waals surface area contributed by atoms with Crippen LogP contribution in [0.15, 0.2) is 27.9 Å². The molecule has 0 saturated carbocycles. The Hall–Kier alpha value is -2.04. The van der Waals surface area contributed by atoms with Crippen molar-refractivity contribution in [1.82, 2.24) is 14.6 Å². The molecule has 4 atom stereocenters. The number of carboxylic acids is 1. The van der Waals surface area contributed by atoms with Gasteiger partial charge in [-0.25, -0.2) is 14.4 Å². The minimum atomic E-state index is -4.33. The van der Waals surface area contributed by atoms with Gasteiger partial charge in [0.05, 0.1) is 6.61 Å². The van der Waals surface area contributed by atoms with Gasteiger partial charge in [-0.15, -0.1) is 0 Å². The summed E-state index contributed by atoms with van der Waals surface area (Å²) in [5.41, 5.74) is -0.831. The third-order valence-corrected chi connectivity index (χ3v) is 4.58. The Morgan fingerprint density at radius 3 is 2.84 bits per heavy atom. The zero-order chi connectivity index (χ0) is 18.8. The number of aryl methyl sites for hydroxylation is 1. The normalized spacial score (nSPS) is 23.3. The van der Waals surface area contributed by atoms with Gasteiger partial charge in [-0.05, 0) is 19.9 Å². The number of nitrogens with zero attached hydrogens (tertiary/aromatic N) is 1. The Kier molecular flexibility index (Phi) is 5.76. The van der Waals surface area contributed by atoms with Crippen LogP contribution in [0, 0.1) is 6.92 Å². The number of nitrogens with one attached hydrogen (secondary N) is 2. The molecule has 1 aromatic heterocycles. The minimum Gasteiger partial charge on any atom is -0.480 e. The van der Waals surface area contributed by atoms with E-state index in [1.165, 1.54) is 32.2 Å². The zero-order valence-corrected chi connectivity index (χ0v) is 14.3. The van der Waals surface area contributed by atoms with E-state index in [1.54, 1.807) is 0 Å². The lowest BCUT2D eigenvalue weighted by atomic mass is 10.3. The van der Waals surface area contributed by atoms with Gasteiger partial charge >= 0.3 is 19.4 Å². The first kappa shape index (κ1) is 19.3. The molecule has 0 aliphatic carbocycles. The number of ether oxygens (including phenoxy) is 1. The third kappa shape index (κ3) is 4.97. The quantitative estimate of drug-likeness (QED) is 0.363. The van der Waals surface area contributed by atoms with Crippen LogP contribution in [-0.2, 0) is 18.6 Å². The average molecular weight is 375 g/mol. The maximum atomic E-state index is 11.8. The van der Waals surface area contributed by atoms with Gasteiger partial charge < -0.3 is 14.7 Å². The number of aromatic nitrogens is 2. The number of rotatable bonds is 7. The largest absolute Gasteiger partial charge is 0.480 e. The third-order valence-electron chi connectivity index (χ3n) is 3.37. The fraction of sp³-hybridized carbons (Fsp3) is 0.462. The molecule has 0 amide bonds. The minimum absolute atomic E-state index is 0.322. The van der Waals surface area contributed by atoms with Crippen molar-refractivity contribution in [3.63, 3.8) is 0 Å². The molecule has 2 heterocycles. The first-order valence-electron chi connectivity index (χ1n) is 7.23. The van der Waals surface area contributed by atoms with E-state index in [1.807, 2.05) is 5.09 Å². The maximum absolute atomic E-state index is 11.8. The summed E-state index contributed by atoms with van der Waals surface area (Å²) < 4.78 is 23.2. The van der Waals surface area contributed by atoms with E-state index in [4.69, 9.17) is 14.4 Å². The fourth-order valence-electron chi connectivity index (χ4n) is 2.03. The highest BCUT2D eigenvalue weighted by Gasteiger charge is 2.29. The molecule has 12 heteroatoms. The van der Waals surface area contributed by atoms with Gasteiger partial charge in [-0.1, -0.05) is 6.08 Å². The van der Waals surface area contributed by atoms with Gasteiger partial charge in [-0.3, -0.25) is 23.7 Å². The summed E-state index contributed by atoms with van der Waals surface area (Å²) >= 11 is 0. The highest BCUT2D eigenvalue weighted by molar-refractivity contribution is 7.50. The number of hydrogen-bond acceptors (Lipinski definition) is 6. The van der Waals surface area contributed by atoms with Crippen LogP contribution >= 0.6 is 7.75 Å². The van der Waals surface area contributed by atoms with Crippen molar-refractivity contribution >= 4 is 13.7 Å². The van der Waals surface area contributed by atoms with Crippen LogP contribution < -0.4 is 16.3 Å². The van der Waals surface area contributed by atoms with Crippen molar-refractivity contribution in [3.05, 3.63) is 44.8 Å². The molecule has 0 spiro atoms. The summed E-state index contributed by atoms with van der Waals surface area (Å²) in [5, 5.41) is 10.7. The highest BCUT2D eigenvalue weighted by Crippen LogP contribution is 2.38. The van der Waals surface area contributed by atoms with E-state index >= 15 is 0 Å². The van der Waals surface area contributed by atoms with Crippen LogP contribution in [0.1, 0.15) is 18.7 Å². The van der Waals surface area contributed by atoms with Crippen LogP contribution in [-0.4, -0.2) is 44.3 Å². The Bertz CT molecular complexity index is 844. The van der Waals surface area contributed by atoms with Crippen LogP contribution in [0.5, 0.6) is 0 Å². The first-order chi connectivity index (χ1) is 11.6. The smallest absolute Gasteiger partial charge is 0.403 e. The Morgan fingerprint density at radius 2 is 2.20 bits per heavy atom. The predicted molar refractivity (Wildman–Crippen MR) is 85.1 cm³/mol. The molecule has 0 fully saturated rings. The molecule has 0 saturated heterocycles. The number of H-pyrrole nitrogens is 1. The molecule has 1 aliphatic rings. The predicted octanol–water partition coefficient (Wildman–Crippen LogP) is -0.522. The summed E-state index contributed by atoms with van der Waals surface area (Å²) in [6, 6.07) is -1.27. The molecule has 11 nitrogen and oxygen atoms in total. The molecule has 2 rings (SSSR count). The van der Waals surface area contributed by atoms with Crippen LogP contribution in [0.4, 0.5) is 0 Å². The monoisotopic (exact) mass is 375 g/mol. The van der Waals surface area contributed by atoms with E-state index in [0.717, 1.165) is 4.57 Å². The summed E-state index contributed by atoms with van der Waals surface area (Å²) in [5.74, 6) is -1.30. The van der Waals surface area contributed by atoms with E-state index in [9.17, 15) is 23.8 Å². The van der Waals surface area contributed by atoms with Gasteiger partial charge in [0.25, 0.3) is 5.56 Å². The summed E-state index contributed by atoms with van der Waals surface area (Å²) in [6.45, 7) is 2.39. The van der Waals surface area contributed by atoms with Gasteiger partial charge in [0.15, 0.2) is 6.23 Å². The number of carboxylic acid groups (broad SMARTS) is 1. The topological polar surface area (TPSA) is 160 Å². The SMILES string of the molecule is Cc1cn([C@H]2C=C[C@@H](COP(=O)(O)NC(C)C(=O)O)O2)c(=O)[nH]c1=O. The van der Waals surface area contributed by atoms with Crippen molar-refractivity contribution in [3.8, 4) is 0 Å². The van der Waals surface area contributed by atoms with Crippen molar-refractivity contribution in [2.24, 2.45) is 0 Å². The molecule has 25 heavy (non-hydrogen) atoms. The zero-order valence-electron chi connectivity index (χ0n) is 13.4. The van der Waals surface area contributed by atoms with Crippen LogP contribution in [0.2, 0.25) is 0 Å². The molecule has 138 valence electrons. The van der Waals surface area contributed by atoms with Crippen LogP contribution in [0.3, 0.4) is 0 Å². The lowest BCUT2D eigenvalue weighted by Gasteiger charge is -2.19. The van der Waals surface area contributed by atoms with Gasteiger partial charge in [0, 0.05) is 11.8 Å². The van der Waals surface area contributed by atoms with Gasteiger partial charge in [0.1, 0.15) is 12.1 Å². The average Bonchev–Trinajstić information content (AvgIpc) is 2.97. The molecule has 0 bridgehead atoms. The summed E-state index contributed by atoms with van der Waals surface area (Å²) in [7, 11) is -4.33. The van der Waals surface area contributed by atoms with E-state index in [2.05, 4.69) is 4.98 Å². The fourth-order valence-corrected chi connectivity index (χ4v) is 3.05. The van der Waals surface area contributed by atoms with E-state index < -0.39 is 43.3 Å². The lowest BCUT2D eigenvalue weighted by molar-refractivity contribution is -0.138. The molecule has 2 unspecified atom stereocenters. The highest BCUT2D eigenvalue weighted by atomic mass is 31.2. The van der Waals surface area contributed by atoms with Crippen molar-refractivity contribution in [2.45, 2.75) is 32.2 Å². The standard InChI is InChI=1S/C13H18N3O8P/c1-7-5-16(13(20)14-11(7)17)10-4-3-9(24-10)6-23-25(21,22)15-8(2)12(18)19/h3-5,8-10H,6H2,1-2H3,(H,18,19)(H,14,17,20)(H2,15,21,22)/t8?,9-,10+/m0/s1. The summed E-state index contributed by atoms with van der Waals surface area (Å²) in [4.78, 5) is 45.6. The van der Waals surface area contributed by atoms with Crippen molar-refractivity contribution in [2.75, 3.05) is 6.61 Å². The number of carbonyl (C=O) groups is 1. The van der Waals surface area contributed by atoms with Crippen molar-refractivity contribution < 1.29 is 28.6 Å². The molecular formula is C13H18N3O8P. The first-order valence-corrected chi connectivity index (χ1v) is 8.80. The molecular weight excluding hydrogens is 357 g/mol. The van der Waals surface area contributed by atoms with E-state index in [-0.39, 0.29) is 6.61 Å². The molecule has 1 aliphatic heterocycles. The number of hydrogen-bond donors (Lipinski definition) is 4. The van der Waals surface area contributed by atoms with Gasteiger partial charge in [0.2, 0.25) is 0 Å². The second kappa shape index (κ2) is 7.46. The number of aromatic amines is 1. The molecule has 0 radical (unpaired) electrons. The lowest BCUT2D eigenvalue weighted by Crippen LogP contribution is -2.34. The molecule has 0 aromatic carbocycles. The van der Waals surface area contributed by atoms with Gasteiger partial charge in [-0.2, -0.15) is 0 Å². The van der Waals surface area contributed by atoms with E-state index in [0.29, 0.717) is 5.56 Å². The molecule has 1 aromatic rings. The number of aliphatic carboxylic acids is 1. The summed E-state index contributed by atoms with van der Waals surface area (Å²) in [6.07, 6.45) is 2.86. The Morgan fingerprint density at radius 1 is 1.52 bits per heavy atom. The molecule has 4 N–H and O–H groups in total. The maximum Gasteiger partial charge on any atom is 0.403 e. The Labute approximate surface area is 141 Å².